The molecule has 0 radical (unpaired) electrons. The van der Waals surface area contributed by atoms with Crippen LogP contribution in [0.2, 0.25) is 0 Å². The summed E-state index contributed by atoms with van der Waals surface area (Å²) in [6.45, 7) is 5.55. The molecular weight excluding hydrogens is 242 g/mol. The summed E-state index contributed by atoms with van der Waals surface area (Å²) in [7, 11) is 0. The molecule has 1 heterocycles. The molecule has 0 saturated heterocycles. The lowest BCUT2D eigenvalue weighted by molar-refractivity contribution is 0.0323. The summed E-state index contributed by atoms with van der Waals surface area (Å²) in [6, 6.07) is 8.46. The van der Waals surface area contributed by atoms with Crippen LogP contribution in [0.5, 0.6) is 0 Å². The van der Waals surface area contributed by atoms with Gasteiger partial charge in [-0.1, -0.05) is 32.0 Å². The highest BCUT2D eigenvalue weighted by Crippen LogP contribution is 2.25. The lowest BCUT2D eigenvalue weighted by atomic mass is 9.97. The van der Waals surface area contributed by atoms with Gasteiger partial charge in [-0.05, 0) is 35.2 Å². The zero-order valence-corrected chi connectivity index (χ0v) is 11.9. The van der Waals surface area contributed by atoms with E-state index in [9.17, 15) is 5.11 Å². The van der Waals surface area contributed by atoms with Crippen molar-refractivity contribution in [2.45, 2.75) is 38.8 Å². The van der Waals surface area contributed by atoms with Gasteiger partial charge in [0.05, 0.1) is 5.60 Å². The fourth-order valence-electron chi connectivity index (χ4n) is 2.10. The summed E-state index contributed by atoms with van der Waals surface area (Å²) >= 11 is 1.78. The third kappa shape index (κ3) is 2.91. The molecule has 2 nitrogen and oxygen atoms in total. The Bertz CT molecular complexity index is 502. The van der Waals surface area contributed by atoms with Gasteiger partial charge >= 0.3 is 0 Å². The molecule has 2 rings (SSSR count). The summed E-state index contributed by atoms with van der Waals surface area (Å²) < 4.78 is 1.33. The molecule has 2 aromatic rings. The average molecular weight is 263 g/mol. The van der Waals surface area contributed by atoms with Gasteiger partial charge in [0.2, 0.25) is 0 Å². The van der Waals surface area contributed by atoms with E-state index in [1.165, 1.54) is 15.6 Å². The maximum absolute atomic E-state index is 10.2. The Morgan fingerprint density at radius 2 is 1.94 bits per heavy atom. The molecule has 1 aromatic carbocycles. The molecule has 0 aliphatic rings. The summed E-state index contributed by atoms with van der Waals surface area (Å²) in [5, 5.41) is 17.1. The third-order valence-corrected chi connectivity index (χ3v) is 4.66. The Kier molecular flexibility index (Phi) is 4.38. The Balaban J connectivity index is 1.98. The van der Waals surface area contributed by atoms with Gasteiger partial charge in [-0.2, -0.15) is 0 Å². The normalized spacial score (nSPS) is 12.2. The van der Waals surface area contributed by atoms with E-state index in [-0.39, 0.29) is 0 Å². The van der Waals surface area contributed by atoms with Gasteiger partial charge in [0.25, 0.3) is 0 Å². The minimum absolute atomic E-state index is 0.564. The molecule has 98 valence electrons. The minimum atomic E-state index is -0.564. The van der Waals surface area contributed by atoms with Gasteiger partial charge in [0.1, 0.15) is 0 Å². The van der Waals surface area contributed by atoms with Crippen LogP contribution in [-0.4, -0.2) is 17.3 Å². The van der Waals surface area contributed by atoms with E-state index in [2.05, 4.69) is 35.0 Å². The number of hydrogen-bond acceptors (Lipinski definition) is 3. The second kappa shape index (κ2) is 5.83. The van der Waals surface area contributed by atoms with Crippen LogP contribution >= 0.6 is 11.3 Å². The highest BCUT2D eigenvalue weighted by molar-refractivity contribution is 7.17. The topological polar surface area (TPSA) is 32.3 Å². The van der Waals surface area contributed by atoms with Crippen LogP contribution in [0.1, 0.15) is 32.3 Å². The second-order valence-electron chi connectivity index (χ2n) is 4.79. The Morgan fingerprint density at radius 3 is 2.67 bits per heavy atom. The van der Waals surface area contributed by atoms with Crippen molar-refractivity contribution in [3.63, 3.8) is 0 Å². The van der Waals surface area contributed by atoms with E-state index >= 15 is 0 Å². The van der Waals surface area contributed by atoms with Crippen molar-refractivity contribution >= 4 is 21.4 Å². The van der Waals surface area contributed by atoms with Crippen LogP contribution in [0.3, 0.4) is 0 Å². The van der Waals surface area contributed by atoms with E-state index in [4.69, 9.17) is 0 Å². The fourth-order valence-corrected chi connectivity index (χ4v) is 3.06. The van der Waals surface area contributed by atoms with Crippen LogP contribution in [0.4, 0.5) is 0 Å². The molecule has 18 heavy (non-hydrogen) atoms. The van der Waals surface area contributed by atoms with Crippen molar-refractivity contribution in [3.05, 3.63) is 35.2 Å². The van der Waals surface area contributed by atoms with Crippen LogP contribution in [0.25, 0.3) is 10.1 Å². The summed E-state index contributed by atoms with van der Waals surface area (Å²) in [4.78, 5) is 0. The fraction of sp³-hybridized carbons (Fsp3) is 0.467. The first-order valence-corrected chi connectivity index (χ1v) is 7.44. The largest absolute Gasteiger partial charge is 0.389 e. The number of hydrogen-bond donors (Lipinski definition) is 2. The predicted molar refractivity (Wildman–Crippen MR) is 79.1 cm³/mol. The van der Waals surface area contributed by atoms with E-state index in [0.717, 1.165) is 19.4 Å². The van der Waals surface area contributed by atoms with E-state index < -0.39 is 5.60 Å². The molecule has 0 aliphatic carbocycles. The summed E-state index contributed by atoms with van der Waals surface area (Å²) in [5.41, 5.74) is 0.761. The number of rotatable bonds is 6. The van der Waals surface area contributed by atoms with Gasteiger partial charge in [0.15, 0.2) is 0 Å². The van der Waals surface area contributed by atoms with Crippen LogP contribution < -0.4 is 5.32 Å². The lowest BCUT2D eigenvalue weighted by Crippen LogP contribution is -2.39. The van der Waals surface area contributed by atoms with E-state index in [1.54, 1.807) is 11.3 Å². The summed E-state index contributed by atoms with van der Waals surface area (Å²) in [6.07, 6.45) is 1.59. The molecule has 0 saturated carbocycles. The molecule has 0 aliphatic heterocycles. The molecular formula is C15H21NOS. The van der Waals surface area contributed by atoms with Gasteiger partial charge in [-0.15, -0.1) is 11.3 Å². The van der Waals surface area contributed by atoms with Crippen LogP contribution in [0.15, 0.2) is 29.6 Å². The van der Waals surface area contributed by atoms with Crippen LogP contribution in [-0.2, 0) is 6.54 Å². The Labute approximate surface area is 113 Å². The molecule has 0 atom stereocenters. The predicted octanol–water partition coefficient (Wildman–Crippen LogP) is 3.54. The number of nitrogens with one attached hydrogen (secondary N) is 1. The SMILES string of the molecule is CCC(O)(CC)CNCc1csc2ccccc12. The third-order valence-electron chi connectivity index (χ3n) is 3.65. The highest BCUT2D eigenvalue weighted by atomic mass is 32.1. The van der Waals surface area contributed by atoms with Gasteiger partial charge in [0, 0.05) is 17.8 Å². The molecule has 0 amide bonds. The number of thiophene rings is 1. The molecule has 0 spiro atoms. The van der Waals surface area contributed by atoms with Gasteiger partial charge < -0.3 is 10.4 Å². The average Bonchev–Trinajstić information content (AvgIpc) is 2.82. The van der Waals surface area contributed by atoms with Crippen molar-refractivity contribution in [3.8, 4) is 0 Å². The zero-order valence-electron chi connectivity index (χ0n) is 11.1. The Morgan fingerprint density at radius 1 is 1.22 bits per heavy atom. The molecule has 0 fully saturated rings. The standard InChI is InChI=1S/C15H21NOS/c1-3-15(17,4-2)11-16-9-12-10-18-14-8-6-5-7-13(12)14/h5-8,10,16-17H,3-4,9,11H2,1-2H3. The van der Waals surface area contributed by atoms with Gasteiger partial charge in [-0.3, -0.25) is 0 Å². The van der Waals surface area contributed by atoms with E-state index in [0.29, 0.717) is 6.54 Å². The monoisotopic (exact) mass is 263 g/mol. The van der Waals surface area contributed by atoms with Crippen molar-refractivity contribution < 1.29 is 5.11 Å². The Hall–Kier alpha value is -0.900. The van der Waals surface area contributed by atoms with Crippen molar-refractivity contribution in [1.82, 2.24) is 5.32 Å². The first kappa shape index (κ1) is 13.5. The molecule has 2 N–H and O–H groups in total. The van der Waals surface area contributed by atoms with Crippen LogP contribution in [0, 0.1) is 0 Å². The molecule has 1 aromatic heterocycles. The first-order chi connectivity index (χ1) is 8.68. The smallest absolute Gasteiger partial charge is 0.0766 e. The van der Waals surface area contributed by atoms with Crippen molar-refractivity contribution in [2.24, 2.45) is 0 Å². The maximum atomic E-state index is 10.2. The lowest BCUT2D eigenvalue weighted by Gasteiger charge is -2.25. The number of benzene rings is 1. The zero-order chi connectivity index (χ0) is 13.0. The maximum Gasteiger partial charge on any atom is 0.0766 e. The minimum Gasteiger partial charge on any atom is -0.389 e. The van der Waals surface area contributed by atoms with Crippen molar-refractivity contribution in [2.75, 3.05) is 6.54 Å². The van der Waals surface area contributed by atoms with E-state index in [1.807, 2.05) is 13.8 Å². The molecule has 0 unspecified atom stereocenters. The highest BCUT2D eigenvalue weighted by Gasteiger charge is 2.21. The van der Waals surface area contributed by atoms with Crippen molar-refractivity contribution in [1.29, 1.82) is 0 Å². The second-order valence-corrected chi connectivity index (χ2v) is 5.70. The summed E-state index contributed by atoms with van der Waals surface area (Å²) in [5.74, 6) is 0. The quantitative estimate of drug-likeness (QED) is 0.835. The first-order valence-electron chi connectivity index (χ1n) is 6.56. The number of aliphatic hydroxyl groups is 1. The number of fused-ring (bicyclic) bond motifs is 1. The van der Waals surface area contributed by atoms with Gasteiger partial charge in [-0.25, -0.2) is 0 Å². The molecule has 3 heteroatoms. The molecule has 0 bridgehead atoms.